The highest BCUT2D eigenvalue weighted by Crippen LogP contribution is 2.25. The van der Waals surface area contributed by atoms with Gasteiger partial charge in [-0.1, -0.05) is 17.7 Å². The quantitative estimate of drug-likeness (QED) is 0.369. The molecule has 2 N–H and O–H groups in total. The maximum absolute atomic E-state index is 12.3. The molecule has 0 radical (unpaired) electrons. The molecule has 0 aliphatic rings. The third-order valence-corrected chi connectivity index (χ3v) is 4.05. The molecule has 2 aromatic rings. The minimum absolute atomic E-state index is 0.157. The van der Waals surface area contributed by atoms with Crippen molar-refractivity contribution in [2.75, 3.05) is 38.7 Å². The lowest BCUT2D eigenvalue weighted by Crippen LogP contribution is -2.28. The number of hydrogen-bond acceptors (Lipinski definition) is 6. The molecule has 0 fully saturated rings. The van der Waals surface area contributed by atoms with Gasteiger partial charge in [-0.15, -0.1) is 0 Å². The Morgan fingerprint density at radius 2 is 1.89 bits per heavy atom. The number of carbonyl (C=O) groups is 1. The minimum Gasteiger partial charge on any atom is -0.491 e. The Labute approximate surface area is 164 Å². The zero-order valence-electron chi connectivity index (χ0n) is 16.3. The molecule has 28 heavy (non-hydrogen) atoms. The molecular weight excluding hydrogens is 362 g/mol. The first-order valence-corrected chi connectivity index (χ1v) is 8.92. The molecule has 0 saturated heterocycles. The van der Waals surface area contributed by atoms with E-state index in [1.807, 2.05) is 32.0 Å². The molecule has 8 nitrogen and oxygen atoms in total. The summed E-state index contributed by atoms with van der Waals surface area (Å²) in [7, 11) is 1.55. The van der Waals surface area contributed by atoms with Crippen molar-refractivity contribution in [3.8, 4) is 5.75 Å². The third-order valence-electron chi connectivity index (χ3n) is 4.05. The van der Waals surface area contributed by atoms with Gasteiger partial charge >= 0.3 is 0 Å². The van der Waals surface area contributed by atoms with Gasteiger partial charge in [0.25, 0.3) is 11.6 Å². The van der Waals surface area contributed by atoms with Gasteiger partial charge in [0.05, 0.1) is 18.1 Å². The van der Waals surface area contributed by atoms with Gasteiger partial charge in [0.2, 0.25) is 0 Å². The number of benzene rings is 2. The smallest absolute Gasteiger partial charge is 0.293 e. The van der Waals surface area contributed by atoms with Crippen LogP contribution in [0, 0.1) is 24.0 Å². The highest BCUT2D eigenvalue weighted by atomic mass is 16.6. The van der Waals surface area contributed by atoms with Crippen molar-refractivity contribution in [1.29, 1.82) is 0 Å². The van der Waals surface area contributed by atoms with Crippen LogP contribution in [-0.2, 0) is 4.74 Å². The number of methoxy groups -OCH3 is 1. The van der Waals surface area contributed by atoms with E-state index in [0.717, 1.165) is 16.9 Å². The number of rotatable bonds is 10. The largest absolute Gasteiger partial charge is 0.491 e. The third kappa shape index (κ3) is 5.95. The summed E-state index contributed by atoms with van der Waals surface area (Å²) in [5.74, 6) is 0.373. The van der Waals surface area contributed by atoms with Crippen molar-refractivity contribution in [2.24, 2.45) is 0 Å². The molecule has 8 heteroatoms. The Kier molecular flexibility index (Phi) is 7.76. The van der Waals surface area contributed by atoms with Crippen LogP contribution < -0.4 is 15.4 Å². The van der Waals surface area contributed by atoms with E-state index in [0.29, 0.717) is 25.4 Å². The second kappa shape index (κ2) is 10.3. The van der Waals surface area contributed by atoms with Crippen molar-refractivity contribution >= 4 is 17.3 Å². The first-order valence-electron chi connectivity index (χ1n) is 8.92. The SMILES string of the molecule is COCCNc1ccc(C(=O)NCCOc2ccc(C)cc2C)cc1[N+](=O)[O-]. The van der Waals surface area contributed by atoms with E-state index < -0.39 is 10.8 Å². The Morgan fingerprint density at radius 1 is 1.11 bits per heavy atom. The zero-order chi connectivity index (χ0) is 20.5. The van der Waals surface area contributed by atoms with Crippen LogP contribution in [-0.4, -0.2) is 44.2 Å². The molecule has 0 atom stereocenters. The monoisotopic (exact) mass is 387 g/mol. The van der Waals surface area contributed by atoms with Crippen molar-refractivity contribution in [3.05, 3.63) is 63.2 Å². The van der Waals surface area contributed by atoms with Gasteiger partial charge in [0.1, 0.15) is 18.0 Å². The highest BCUT2D eigenvalue weighted by Gasteiger charge is 2.17. The normalized spacial score (nSPS) is 10.4. The van der Waals surface area contributed by atoms with Crippen LogP contribution in [0.3, 0.4) is 0 Å². The van der Waals surface area contributed by atoms with Gasteiger partial charge in [-0.05, 0) is 37.6 Å². The molecule has 0 aliphatic carbocycles. The van der Waals surface area contributed by atoms with Crippen molar-refractivity contribution in [1.82, 2.24) is 5.32 Å². The molecule has 0 bridgehead atoms. The number of amides is 1. The molecule has 2 rings (SSSR count). The number of nitrogens with zero attached hydrogens (tertiary/aromatic N) is 1. The summed E-state index contributed by atoms with van der Waals surface area (Å²) >= 11 is 0. The Bertz CT molecular complexity index is 839. The minimum atomic E-state index is -0.519. The van der Waals surface area contributed by atoms with Crippen molar-refractivity contribution in [2.45, 2.75) is 13.8 Å². The topological polar surface area (TPSA) is 103 Å². The van der Waals surface area contributed by atoms with E-state index in [1.54, 1.807) is 13.2 Å². The van der Waals surface area contributed by atoms with Gasteiger partial charge in [-0.2, -0.15) is 0 Å². The van der Waals surface area contributed by atoms with Gasteiger partial charge in [-0.25, -0.2) is 0 Å². The number of nitro groups is 1. The average Bonchev–Trinajstić information content (AvgIpc) is 2.66. The molecule has 150 valence electrons. The summed E-state index contributed by atoms with van der Waals surface area (Å²) in [6, 6.07) is 10.2. The lowest BCUT2D eigenvalue weighted by Gasteiger charge is -2.11. The van der Waals surface area contributed by atoms with Gasteiger partial charge in [-0.3, -0.25) is 14.9 Å². The molecule has 2 aromatic carbocycles. The second-order valence-electron chi connectivity index (χ2n) is 6.28. The zero-order valence-corrected chi connectivity index (χ0v) is 16.3. The van der Waals surface area contributed by atoms with Crippen LogP contribution in [0.15, 0.2) is 36.4 Å². The summed E-state index contributed by atoms with van der Waals surface area (Å²) in [5.41, 5.74) is 2.58. The summed E-state index contributed by atoms with van der Waals surface area (Å²) in [6.45, 7) is 5.40. The lowest BCUT2D eigenvalue weighted by atomic mass is 10.1. The maximum atomic E-state index is 12.3. The van der Waals surface area contributed by atoms with Crippen LogP contribution in [0.2, 0.25) is 0 Å². The summed E-state index contributed by atoms with van der Waals surface area (Å²) in [6.07, 6.45) is 0. The van der Waals surface area contributed by atoms with Gasteiger partial charge < -0.3 is 20.1 Å². The number of anilines is 1. The highest BCUT2D eigenvalue weighted by molar-refractivity contribution is 5.95. The summed E-state index contributed by atoms with van der Waals surface area (Å²) in [5, 5.41) is 16.9. The molecule has 0 unspecified atom stereocenters. The van der Waals surface area contributed by atoms with Crippen LogP contribution >= 0.6 is 0 Å². The summed E-state index contributed by atoms with van der Waals surface area (Å²) < 4.78 is 10.6. The van der Waals surface area contributed by atoms with Crippen molar-refractivity contribution < 1.29 is 19.2 Å². The maximum Gasteiger partial charge on any atom is 0.293 e. The molecule has 0 aliphatic heterocycles. The number of nitrogens with one attached hydrogen (secondary N) is 2. The van der Waals surface area contributed by atoms with Gasteiger partial charge in [0, 0.05) is 25.3 Å². The average molecular weight is 387 g/mol. The van der Waals surface area contributed by atoms with E-state index in [2.05, 4.69) is 10.6 Å². The molecule has 0 aromatic heterocycles. The number of hydrogen-bond donors (Lipinski definition) is 2. The fourth-order valence-electron chi connectivity index (χ4n) is 2.65. The molecule has 0 saturated carbocycles. The van der Waals surface area contributed by atoms with Crippen molar-refractivity contribution in [3.63, 3.8) is 0 Å². The fourth-order valence-corrected chi connectivity index (χ4v) is 2.65. The van der Waals surface area contributed by atoms with E-state index in [9.17, 15) is 14.9 Å². The van der Waals surface area contributed by atoms with E-state index >= 15 is 0 Å². The predicted molar refractivity (Wildman–Crippen MR) is 107 cm³/mol. The van der Waals surface area contributed by atoms with E-state index in [1.165, 1.54) is 12.1 Å². The van der Waals surface area contributed by atoms with E-state index in [-0.39, 0.29) is 17.8 Å². The fraction of sp³-hybridized carbons (Fsp3) is 0.350. The number of nitro benzene ring substituents is 1. The summed E-state index contributed by atoms with van der Waals surface area (Å²) in [4.78, 5) is 23.1. The Balaban J connectivity index is 1.92. The first kappa shape index (κ1) is 21.2. The molecule has 0 heterocycles. The Hall–Kier alpha value is -3.13. The van der Waals surface area contributed by atoms with E-state index in [4.69, 9.17) is 9.47 Å². The Morgan fingerprint density at radius 3 is 2.57 bits per heavy atom. The molecular formula is C20H25N3O5. The predicted octanol–water partition coefficient (Wildman–Crippen LogP) is 3.08. The van der Waals surface area contributed by atoms with Crippen LogP contribution in [0.4, 0.5) is 11.4 Å². The van der Waals surface area contributed by atoms with Crippen LogP contribution in [0.1, 0.15) is 21.5 Å². The van der Waals surface area contributed by atoms with Gasteiger partial charge in [0.15, 0.2) is 0 Å². The van der Waals surface area contributed by atoms with Crippen LogP contribution in [0.5, 0.6) is 5.75 Å². The number of aryl methyl sites for hydroxylation is 2. The first-order chi connectivity index (χ1) is 13.4. The molecule has 0 spiro atoms. The standard InChI is InChI=1S/C20H25N3O5/c1-14-4-7-19(15(2)12-14)28-11-9-22-20(24)16-5-6-17(21-8-10-27-3)18(13-16)23(25)26/h4-7,12-13,21H,8-11H2,1-3H3,(H,22,24). The number of carbonyl (C=O) groups excluding carboxylic acids is 1. The second-order valence-corrected chi connectivity index (χ2v) is 6.28. The number of ether oxygens (including phenoxy) is 2. The molecule has 1 amide bonds. The van der Waals surface area contributed by atoms with Crippen LogP contribution in [0.25, 0.3) is 0 Å². The lowest BCUT2D eigenvalue weighted by molar-refractivity contribution is -0.384.